The molecule has 3 heteroatoms. The number of likely N-dealkylation sites (N-methyl/N-ethyl adjacent to an activating group) is 1. The highest BCUT2D eigenvalue weighted by Crippen LogP contribution is 2.28. The Hall–Kier alpha value is -0.540. The van der Waals surface area contributed by atoms with Gasteiger partial charge < -0.3 is 10.5 Å². The maximum absolute atomic E-state index is 6.45. The van der Waals surface area contributed by atoms with Crippen LogP contribution in [0.15, 0.2) is 11.8 Å². The summed E-state index contributed by atoms with van der Waals surface area (Å²) in [7, 11) is 0. The van der Waals surface area contributed by atoms with Crippen LogP contribution in [0.3, 0.4) is 0 Å². The standard InChI is InChI=1S/C14H28N2O/c1-5-14(4,16(6-2)7-3)13(15)12-10-8-9-11-17-12/h10,13H,5-9,11,15H2,1-4H3. The van der Waals surface area contributed by atoms with Crippen LogP contribution < -0.4 is 5.73 Å². The van der Waals surface area contributed by atoms with E-state index in [-0.39, 0.29) is 11.6 Å². The van der Waals surface area contributed by atoms with Gasteiger partial charge >= 0.3 is 0 Å². The van der Waals surface area contributed by atoms with Crippen LogP contribution in [0.5, 0.6) is 0 Å². The number of nitrogens with two attached hydrogens (primary N) is 1. The number of ether oxygens (including phenoxy) is 1. The van der Waals surface area contributed by atoms with Gasteiger partial charge in [-0.15, -0.1) is 0 Å². The van der Waals surface area contributed by atoms with Gasteiger partial charge in [-0.1, -0.05) is 20.8 Å². The largest absolute Gasteiger partial charge is 0.497 e. The van der Waals surface area contributed by atoms with Gasteiger partial charge in [0.25, 0.3) is 0 Å². The number of allylic oxidation sites excluding steroid dienone is 1. The summed E-state index contributed by atoms with van der Waals surface area (Å²) in [4.78, 5) is 2.44. The lowest BCUT2D eigenvalue weighted by atomic mass is 9.85. The zero-order valence-electron chi connectivity index (χ0n) is 11.8. The Morgan fingerprint density at radius 3 is 2.47 bits per heavy atom. The van der Waals surface area contributed by atoms with Gasteiger partial charge in [0.05, 0.1) is 12.6 Å². The van der Waals surface area contributed by atoms with E-state index in [2.05, 4.69) is 38.7 Å². The Labute approximate surface area is 106 Å². The summed E-state index contributed by atoms with van der Waals surface area (Å²) in [6, 6.07) is -0.0206. The Balaban J connectivity index is 2.87. The first-order valence-corrected chi connectivity index (χ1v) is 6.93. The minimum absolute atomic E-state index is 0.00727. The fourth-order valence-electron chi connectivity index (χ4n) is 2.69. The first kappa shape index (κ1) is 14.5. The van der Waals surface area contributed by atoms with Crippen LogP contribution >= 0.6 is 0 Å². The molecular formula is C14H28N2O. The van der Waals surface area contributed by atoms with Crippen LogP contribution in [0, 0.1) is 0 Å². The van der Waals surface area contributed by atoms with Crippen LogP contribution in [0.2, 0.25) is 0 Å². The molecule has 0 bridgehead atoms. The van der Waals surface area contributed by atoms with E-state index in [1.54, 1.807) is 0 Å². The highest BCUT2D eigenvalue weighted by Gasteiger charge is 2.37. The van der Waals surface area contributed by atoms with Crippen molar-refractivity contribution < 1.29 is 4.74 Å². The number of rotatable bonds is 6. The maximum atomic E-state index is 6.45. The van der Waals surface area contributed by atoms with Crippen LogP contribution in [0.1, 0.15) is 47.0 Å². The van der Waals surface area contributed by atoms with Crippen molar-refractivity contribution in [2.24, 2.45) is 5.73 Å². The fraction of sp³-hybridized carbons (Fsp3) is 0.857. The van der Waals surface area contributed by atoms with Crippen molar-refractivity contribution in [3.63, 3.8) is 0 Å². The minimum atomic E-state index is -0.0206. The van der Waals surface area contributed by atoms with E-state index in [1.807, 2.05) is 0 Å². The molecule has 0 amide bonds. The molecule has 0 saturated carbocycles. The topological polar surface area (TPSA) is 38.5 Å². The molecule has 3 nitrogen and oxygen atoms in total. The van der Waals surface area contributed by atoms with Crippen LogP contribution in [-0.4, -0.2) is 36.2 Å². The third kappa shape index (κ3) is 3.02. The molecule has 2 atom stereocenters. The molecule has 1 heterocycles. The second-order valence-electron chi connectivity index (χ2n) is 4.96. The van der Waals surface area contributed by atoms with Gasteiger partial charge in [-0.3, -0.25) is 4.90 Å². The van der Waals surface area contributed by atoms with Crippen molar-refractivity contribution in [1.82, 2.24) is 4.90 Å². The molecule has 2 N–H and O–H groups in total. The summed E-state index contributed by atoms with van der Waals surface area (Å²) < 4.78 is 5.74. The molecule has 1 aliphatic rings. The van der Waals surface area contributed by atoms with E-state index in [1.165, 1.54) is 0 Å². The third-order valence-electron chi connectivity index (χ3n) is 4.14. The minimum Gasteiger partial charge on any atom is -0.497 e. The smallest absolute Gasteiger partial charge is 0.111 e. The van der Waals surface area contributed by atoms with E-state index in [0.717, 1.165) is 44.7 Å². The van der Waals surface area contributed by atoms with Gasteiger partial charge in [-0.05, 0) is 45.4 Å². The van der Waals surface area contributed by atoms with Gasteiger partial charge in [-0.2, -0.15) is 0 Å². The summed E-state index contributed by atoms with van der Waals surface area (Å²) in [5.41, 5.74) is 6.45. The van der Waals surface area contributed by atoms with Gasteiger partial charge in [0.2, 0.25) is 0 Å². The quantitative estimate of drug-likeness (QED) is 0.775. The molecular weight excluding hydrogens is 212 g/mol. The van der Waals surface area contributed by atoms with Gasteiger partial charge in [0, 0.05) is 5.54 Å². The lowest BCUT2D eigenvalue weighted by Crippen LogP contribution is -2.58. The van der Waals surface area contributed by atoms with Crippen LogP contribution in [0.25, 0.3) is 0 Å². The lowest BCUT2D eigenvalue weighted by Gasteiger charge is -2.45. The first-order valence-electron chi connectivity index (χ1n) is 6.93. The molecule has 2 unspecified atom stereocenters. The van der Waals surface area contributed by atoms with E-state index >= 15 is 0 Å². The summed E-state index contributed by atoms with van der Waals surface area (Å²) in [5.74, 6) is 0.993. The monoisotopic (exact) mass is 240 g/mol. The molecule has 0 saturated heterocycles. The van der Waals surface area contributed by atoms with Crippen molar-refractivity contribution >= 4 is 0 Å². The molecule has 0 aromatic carbocycles. The fourth-order valence-corrected chi connectivity index (χ4v) is 2.69. The van der Waals surface area contributed by atoms with Crippen molar-refractivity contribution in [2.45, 2.75) is 58.5 Å². The third-order valence-corrected chi connectivity index (χ3v) is 4.14. The van der Waals surface area contributed by atoms with Crippen molar-refractivity contribution in [2.75, 3.05) is 19.7 Å². The highest BCUT2D eigenvalue weighted by molar-refractivity contribution is 5.13. The Bertz CT molecular complexity index is 261. The average molecular weight is 240 g/mol. The number of hydrogen-bond donors (Lipinski definition) is 1. The van der Waals surface area contributed by atoms with E-state index in [4.69, 9.17) is 10.5 Å². The molecule has 0 spiro atoms. The predicted molar refractivity (Wildman–Crippen MR) is 72.9 cm³/mol. The summed E-state index contributed by atoms with van der Waals surface area (Å²) >= 11 is 0. The molecule has 0 aromatic rings. The maximum Gasteiger partial charge on any atom is 0.111 e. The van der Waals surface area contributed by atoms with Gasteiger partial charge in [0.1, 0.15) is 5.76 Å². The van der Waals surface area contributed by atoms with Crippen molar-refractivity contribution in [3.8, 4) is 0 Å². The predicted octanol–water partition coefficient (Wildman–Crippen LogP) is 2.52. The second-order valence-corrected chi connectivity index (χ2v) is 4.96. The molecule has 1 aliphatic heterocycles. The van der Waals surface area contributed by atoms with Crippen LogP contribution in [-0.2, 0) is 4.74 Å². The normalized spacial score (nSPS) is 21.6. The van der Waals surface area contributed by atoms with E-state index in [9.17, 15) is 0 Å². The SMILES string of the molecule is CCN(CC)C(C)(CC)C(N)C1=CCCCO1. The van der Waals surface area contributed by atoms with Crippen molar-refractivity contribution in [3.05, 3.63) is 11.8 Å². The molecule has 17 heavy (non-hydrogen) atoms. The zero-order valence-corrected chi connectivity index (χ0v) is 11.8. The van der Waals surface area contributed by atoms with Gasteiger partial charge in [-0.25, -0.2) is 0 Å². The summed E-state index contributed by atoms with van der Waals surface area (Å²) in [6.07, 6.45) is 5.42. The average Bonchev–Trinajstić information content (AvgIpc) is 2.39. The second kappa shape index (κ2) is 6.41. The van der Waals surface area contributed by atoms with E-state index in [0.29, 0.717) is 0 Å². The summed E-state index contributed by atoms with van der Waals surface area (Å²) in [5, 5.41) is 0. The van der Waals surface area contributed by atoms with Gasteiger partial charge in [0.15, 0.2) is 0 Å². The molecule has 1 rings (SSSR count). The van der Waals surface area contributed by atoms with E-state index < -0.39 is 0 Å². The van der Waals surface area contributed by atoms with Crippen molar-refractivity contribution in [1.29, 1.82) is 0 Å². The number of hydrogen-bond acceptors (Lipinski definition) is 3. The molecule has 0 fully saturated rings. The molecule has 0 radical (unpaired) electrons. The first-order chi connectivity index (χ1) is 8.10. The number of nitrogens with zero attached hydrogens (tertiary/aromatic N) is 1. The Morgan fingerprint density at radius 1 is 1.41 bits per heavy atom. The molecule has 100 valence electrons. The Morgan fingerprint density at radius 2 is 2.06 bits per heavy atom. The lowest BCUT2D eigenvalue weighted by molar-refractivity contribution is 0.0627. The van der Waals surface area contributed by atoms with Crippen LogP contribution in [0.4, 0.5) is 0 Å². The molecule has 0 aliphatic carbocycles. The Kier molecular flexibility index (Phi) is 5.47. The zero-order chi connectivity index (χ0) is 12.9. The highest BCUT2D eigenvalue weighted by atomic mass is 16.5. The molecule has 0 aromatic heterocycles. The summed E-state index contributed by atoms with van der Waals surface area (Å²) in [6.45, 7) is 11.7.